The lowest BCUT2D eigenvalue weighted by molar-refractivity contribution is 0.0520. The molecule has 2 rings (SSSR count). The highest BCUT2D eigenvalue weighted by atomic mass is 32.2. The molecule has 0 heterocycles. The van der Waals surface area contributed by atoms with Crippen LogP contribution in [0.4, 0.5) is 0 Å². The Morgan fingerprint density at radius 2 is 1.74 bits per heavy atom. The molecule has 0 saturated heterocycles. The van der Waals surface area contributed by atoms with E-state index >= 15 is 0 Å². The van der Waals surface area contributed by atoms with Crippen molar-refractivity contribution in [2.24, 2.45) is 0 Å². The van der Waals surface area contributed by atoms with Crippen LogP contribution in [-0.2, 0) is 10.5 Å². The van der Waals surface area contributed by atoms with Crippen molar-refractivity contribution in [2.75, 3.05) is 20.8 Å². The Morgan fingerprint density at radius 3 is 2.33 bits per heavy atom. The first-order valence-electron chi connectivity index (χ1n) is 8.94. The zero-order chi connectivity index (χ0) is 19.9. The van der Waals surface area contributed by atoms with Crippen LogP contribution >= 0.6 is 11.8 Å². The second kappa shape index (κ2) is 9.85. The number of carbonyl (C=O) groups excluding carboxylic acids is 1. The summed E-state index contributed by atoms with van der Waals surface area (Å²) in [5.74, 6) is 1.43. The molecule has 0 fully saturated rings. The summed E-state index contributed by atoms with van der Waals surface area (Å²) in [5, 5.41) is 0. The van der Waals surface area contributed by atoms with Gasteiger partial charge < -0.3 is 14.2 Å². The Balaban J connectivity index is 2.25. The van der Waals surface area contributed by atoms with E-state index in [1.54, 1.807) is 32.0 Å². The van der Waals surface area contributed by atoms with Gasteiger partial charge in [-0.1, -0.05) is 37.8 Å². The highest BCUT2D eigenvalue weighted by Gasteiger charge is 2.22. The van der Waals surface area contributed by atoms with Crippen molar-refractivity contribution in [1.29, 1.82) is 0 Å². The van der Waals surface area contributed by atoms with Gasteiger partial charge in [0.15, 0.2) is 0 Å². The summed E-state index contributed by atoms with van der Waals surface area (Å²) in [6, 6.07) is 14.6. The molecule has 0 bridgehead atoms. The molecule has 2 aromatic carbocycles. The van der Waals surface area contributed by atoms with Gasteiger partial charge in [-0.2, -0.15) is 0 Å². The molecule has 0 atom stereocenters. The summed E-state index contributed by atoms with van der Waals surface area (Å²) in [7, 11) is 1.90. The van der Waals surface area contributed by atoms with Crippen molar-refractivity contribution in [3.8, 4) is 11.5 Å². The Labute approximate surface area is 167 Å². The lowest BCUT2D eigenvalue weighted by Crippen LogP contribution is -2.23. The Hall–Kier alpha value is -1.92. The van der Waals surface area contributed by atoms with E-state index in [9.17, 15) is 4.79 Å². The van der Waals surface area contributed by atoms with Crippen molar-refractivity contribution >= 4 is 25.8 Å². The van der Waals surface area contributed by atoms with Crippen LogP contribution < -0.4 is 9.47 Å². The number of carbonyl (C=O) groups is 1. The van der Waals surface area contributed by atoms with Crippen LogP contribution in [0, 0.1) is 0 Å². The van der Waals surface area contributed by atoms with Crippen molar-refractivity contribution in [3.63, 3.8) is 0 Å². The summed E-state index contributed by atoms with van der Waals surface area (Å²) >= 11 is 1.66. The number of hydrogen-bond donors (Lipinski definition) is 0. The minimum atomic E-state index is -1.27. The fourth-order valence-corrected chi connectivity index (χ4v) is 4.08. The molecule has 2 aromatic rings. The van der Waals surface area contributed by atoms with Crippen LogP contribution in [0.15, 0.2) is 47.4 Å². The third kappa shape index (κ3) is 6.63. The van der Waals surface area contributed by atoms with Crippen LogP contribution in [0.3, 0.4) is 0 Å². The summed E-state index contributed by atoms with van der Waals surface area (Å²) in [4.78, 5) is 13.9. The maximum atomic E-state index is 12.8. The van der Waals surface area contributed by atoms with Gasteiger partial charge in [-0.05, 0) is 29.8 Å². The molecule has 0 aliphatic rings. The standard InChI is InChI=1S/C21H28O4SSi/c1-23-17-13-16(15-26-18-9-7-6-8-10-18)20(19(14-17)24-2)21(22)25-11-12-27(3,4)5/h6-10,13-14H,11-12,15H2,1-5H3. The number of benzene rings is 2. The van der Waals surface area contributed by atoms with Gasteiger partial charge in [0.25, 0.3) is 0 Å². The van der Waals surface area contributed by atoms with Gasteiger partial charge in [-0.15, -0.1) is 11.8 Å². The lowest BCUT2D eigenvalue weighted by Gasteiger charge is -2.18. The normalized spacial score (nSPS) is 11.1. The fraction of sp³-hybridized carbons (Fsp3) is 0.381. The molecule has 0 amide bonds. The fourth-order valence-electron chi connectivity index (χ4n) is 2.47. The minimum Gasteiger partial charge on any atom is -0.497 e. The van der Waals surface area contributed by atoms with Gasteiger partial charge in [0.1, 0.15) is 17.1 Å². The number of esters is 1. The highest BCUT2D eigenvalue weighted by Crippen LogP contribution is 2.33. The van der Waals surface area contributed by atoms with Gasteiger partial charge in [0, 0.05) is 24.8 Å². The number of methoxy groups -OCH3 is 2. The zero-order valence-corrected chi connectivity index (χ0v) is 18.5. The molecule has 0 N–H and O–H groups in total. The Morgan fingerprint density at radius 1 is 1.04 bits per heavy atom. The van der Waals surface area contributed by atoms with Gasteiger partial charge >= 0.3 is 5.97 Å². The van der Waals surface area contributed by atoms with Crippen LogP contribution in [0.5, 0.6) is 11.5 Å². The molecule has 0 aliphatic heterocycles. The Kier molecular flexibility index (Phi) is 7.80. The van der Waals surface area contributed by atoms with E-state index in [2.05, 4.69) is 19.6 Å². The predicted octanol–water partition coefficient (Wildman–Crippen LogP) is 5.49. The molecule has 0 unspecified atom stereocenters. The number of rotatable bonds is 9. The molecular formula is C21H28O4SSi. The van der Waals surface area contributed by atoms with Crippen LogP contribution in [-0.4, -0.2) is 34.9 Å². The average molecular weight is 405 g/mol. The van der Waals surface area contributed by atoms with Crippen molar-refractivity contribution < 1.29 is 19.0 Å². The molecule has 6 heteroatoms. The summed E-state index contributed by atoms with van der Waals surface area (Å²) in [6.45, 7) is 7.22. The molecule has 4 nitrogen and oxygen atoms in total. The van der Waals surface area contributed by atoms with E-state index < -0.39 is 8.07 Å². The van der Waals surface area contributed by atoms with Gasteiger partial charge in [-0.25, -0.2) is 4.79 Å². The zero-order valence-electron chi connectivity index (χ0n) is 16.7. The van der Waals surface area contributed by atoms with Crippen LogP contribution in [0.1, 0.15) is 15.9 Å². The smallest absolute Gasteiger partial charge is 0.342 e. The van der Waals surface area contributed by atoms with Crippen molar-refractivity contribution in [3.05, 3.63) is 53.6 Å². The SMILES string of the molecule is COc1cc(CSc2ccccc2)c(C(=O)OCC[Si](C)(C)C)c(OC)c1. The van der Waals surface area contributed by atoms with E-state index in [1.807, 2.05) is 36.4 Å². The summed E-state index contributed by atoms with van der Waals surface area (Å²) in [6.07, 6.45) is 0. The topological polar surface area (TPSA) is 44.8 Å². The molecule has 27 heavy (non-hydrogen) atoms. The van der Waals surface area contributed by atoms with Crippen LogP contribution in [0.2, 0.25) is 25.7 Å². The van der Waals surface area contributed by atoms with E-state index in [0.29, 0.717) is 29.4 Å². The van der Waals surface area contributed by atoms with E-state index in [4.69, 9.17) is 14.2 Å². The molecule has 146 valence electrons. The van der Waals surface area contributed by atoms with Gasteiger partial charge in [-0.3, -0.25) is 0 Å². The molecule has 0 aromatic heterocycles. The molecular weight excluding hydrogens is 376 g/mol. The average Bonchev–Trinajstić information content (AvgIpc) is 2.65. The van der Waals surface area contributed by atoms with E-state index in [-0.39, 0.29) is 5.97 Å². The molecule has 0 spiro atoms. The second-order valence-electron chi connectivity index (χ2n) is 7.41. The number of hydrogen-bond acceptors (Lipinski definition) is 5. The molecule has 0 aliphatic carbocycles. The second-order valence-corrected chi connectivity index (χ2v) is 14.1. The predicted molar refractivity (Wildman–Crippen MR) is 114 cm³/mol. The minimum absolute atomic E-state index is 0.337. The first-order valence-corrected chi connectivity index (χ1v) is 13.6. The third-order valence-electron chi connectivity index (χ3n) is 4.04. The molecule has 0 saturated carbocycles. The third-order valence-corrected chi connectivity index (χ3v) is 6.80. The van der Waals surface area contributed by atoms with Crippen LogP contribution in [0.25, 0.3) is 0 Å². The van der Waals surface area contributed by atoms with Crippen molar-refractivity contribution in [1.82, 2.24) is 0 Å². The maximum absolute atomic E-state index is 12.8. The first-order chi connectivity index (χ1) is 12.8. The van der Waals surface area contributed by atoms with Gasteiger partial charge in [0.2, 0.25) is 0 Å². The van der Waals surface area contributed by atoms with Gasteiger partial charge in [0.05, 0.1) is 20.8 Å². The summed E-state index contributed by atoms with van der Waals surface area (Å²) < 4.78 is 16.4. The van der Waals surface area contributed by atoms with E-state index in [1.165, 1.54) is 0 Å². The molecule has 0 radical (unpaired) electrons. The maximum Gasteiger partial charge on any atom is 0.342 e. The highest BCUT2D eigenvalue weighted by molar-refractivity contribution is 7.98. The number of thioether (sulfide) groups is 1. The van der Waals surface area contributed by atoms with E-state index in [0.717, 1.165) is 16.5 Å². The first kappa shape index (κ1) is 21.4. The number of ether oxygens (including phenoxy) is 3. The quantitative estimate of drug-likeness (QED) is 0.314. The largest absolute Gasteiger partial charge is 0.497 e. The summed E-state index contributed by atoms with van der Waals surface area (Å²) in [5.41, 5.74) is 1.33. The lowest BCUT2D eigenvalue weighted by atomic mass is 10.1. The van der Waals surface area contributed by atoms with Crippen molar-refractivity contribution in [2.45, 2.75) is 36.3 Å². The Bertz CT molecular complexity index is 757. The monoisotopic (exact) mass is 404 g/mol.